The highest BCUT2D eigenvalue weighted by Crippen LogP contribution is 2.25. The quantitative estimate of drug-likeness (QED) is 0.0803. The van der Waals surface area contributed by atoms with Crippen molar-refractivity contribution in [3.8, 4) is 28.7 Å². The van der Waals surface area contributed by atoms with E-state index in [2.05, 4.69) is 15.6 Å². The van der Waals surface area contributed by atoms with Crippen LogP contribution < -0.4 is 21.9 Å². The number of benzene rings is 3. The molecule has 0 fully saturated rings. The summed E-state index contributed by atoms with van der Waals surface area (Å²) in [5.74, 6) is -0.144. The number of aryl methyl sites for hydroxylation is 2. The van der Waals surface area contributed by atoms with Gasteiger partial charge >= 0.3 is 5.69 Å². The highest BCUT2D eigenvalue weighted by molar-refractivity contribution is 5.69. The van der Waals surface area contributed by atoms with Crippen LogP contribution in [0, 0.1) is 0 Å². The van der Waals surface area contributed by atoms with Gasteiger partial charge in [0, 0.05) is 51.9 Å². The number of phenols is 5. The molecular formula is C35H44N6O9. The minimum Gasteiger partial charge on any atom is -0.508 e. The Kier molecular flexibility index (Phi) is 12.6. The minimum absolute atomic E-state index is 0.0776. The van der Waals surface area contributed by atoms with Crippen molar-refractivity contribution in [1.29, 1.82) is 0 Å². The summed E-state index contributed by atoms with van der Waals surface area (Å²) in [4.78, 5) is 28.5. The van der Waals surface area contributed by atoms with Crippen molar-refractivity contribution in [2.24, 2.45) is 14.1 Å². The number of nitrogens with one attached hydrogen (secondary N) is 2. The summed E-state index contributed by atoms with van der Waals surface area (Å²) >= 11 is 0. The van der Waals surface area contributed by atoms with Gasteiger partial charge in [0.1, 0.15) is 28.7 Å². The van der Waals surface area contributed by atoms with E-state index in [1.165, 1.54) is 54.3 Å². The summed E-state index contributed by atoms with van der Waals surface area (Å²) in [6.45, 7) is 3.62. The number of phenolic OH excluding ortho intramolecular Hbond substituents is 5. The van der Waals surface area contributed by atoms with Crippen LogP contribution in [0.2, 0.25) is 0 Å². The molecule has 2 aromatic heterocycles. The van der Waals surface area contributed by atoms with Crippen LogP contribution in [0.1, 0.15) is 42.2 Å². The summed E-state index contributed by atoms with van der Waals surface area (Å²) < 4.78 is 4.11. The minimum atomic E-state index is -0.881. The molecule has 0 aliphatic heterocycles. The topological polar surface area (TPSA) is 227 Å². The molecule has 0 aliphatic carbocycles. The lowest BCUT2D eigenvalue weighted by molar-refractivity contribution is 0.170. The van der Waals surface area contributed by atoms with Gasteiger partial charge in [-0.15, -0.1) is 0 Å². The molecular weight excluding hydrogens is 648 g/mol. The van der Waals surface area contributed by atoms with E-state index < -0.39 is 17.9 Å². The number of aliphatic hydroxyl groups excluding tert-OH is 2. The lowest BCUT2D eigenvalue weighted by atomic mass is 10.1. The van der Waals surface area contributed by atoms with Gasteiger partial charge in [-0.2, -0.15) is 0 Å². The van der Waals surface area contributed by atoms with Crippen molar-refractivity contribution in [2.75, 3.05) is 19.6 Å². The largest absolute Gasteiger partial charge is 0.508 e. The van der Waals surface area contributed by atoms with Gasteiger partial charge in [0.15, 0.2) is 11.2 Å². The molecule has 0 spiro atoms. The van der Waals surface area contributed by atoms with Crippen LogP contribution >= 0.6 is 0 Å². The van der Waals surface area contributed by atoms with Crippen LogP contribution in [0.15, 0.2) is 76.6 Å². The lowest BCUT2D eigenvalue weighted by Crippen LogP contribution is -2.37. The third-order valence-corrected chi connectivity index (χ3v) is 8.06. The fourth-order valence-corrected chi connectivity index (χ4v) is 5.41. The number of fused-ring (bicyclic) bond motifs is 1. The van der Waals surface area contributed by atoms with Gasteiger partial charge < -0.3 is 50.9 Å². The summed E-state index contributed by atoms with van der Waals surface area (Å²) in [6, 6.07) is 15.2. The Hall–Kier alpha value is -5.35. The first-order valence-corrected chi connectivity index (χ1v) is 16.0. The Balaban J connectivity index is 0.000000232. The number of hydrogen-bond donors (Lipinski definition) is 9. The summed E-state index contributed by atoms with van der Waals surface area (Å²) in [6.07, 6.45) is 1.26. The first-order valence-electron chi connectivity index (χ1n) is 16.0. The smallest absolute Gasteiger partial charge is 0.332 e. The van der Waals surface area contributed by atoms with Crippen molar-refractivity contribution < 1.29 is 35.7 Å². The number of aromatic nitrogens is 4. The average molecular weight is 693 g/mol. The van der Waals surface area contributed by atoms with Crippen molar-refractivity contribution in [3.05, 3.63) is 105 Å². The molecule has 5 aromatic rings. The molecule has 0 aliphatic rings. The summed E-state index contributed by atoms with van der Waals surface area (Å²) in [5, 5.41) is 73.6. The molecule has 9 N–H and O–H groups in total. The maximum Gasteiger partial charge on any atom is 0.332 e. The molecule has 15 nitrogen and oxygen atoms in total. The average Bonchev–Trinajstić information content (AvgIpc) is 3.49. The molecule has 2 heterocycles. The van der Waals surface area contributed by atoms with Gasteiger partial charge in [-0.1, -0.05) is 12.1 Å². The van der Waals surface area contributed by atoms with Crippen molar-refractivity contribution in [1.82, 2.24) is 29.3 Å². The monoisotopic (exact) mass is 692 g/mol. The maximum atomic E-state index is 12.4. The zero-order valence-corrected chi connectivity index (χ0v) is 28.1. The molecule has 3 atom stereocenters. The van der Waals surface area contributed by atoms with E-state index in [4.69, 9.17) is 0 Å². The van der Waals surface area contributed by atoms with Gasteiger partial charge in [-0.25, -0.2) is 9.78 Å². The second-order valence-corrected chi connectivity index (χ2v) is 12.2. The van der Waals surface area contributed by atoms with E-state index in [1.807, 2.05) is 19.1 Å². The van der Waals surface area contributed by atoms with Crippen LogP contribution in [-0.2, 0) is 27.1 Å². The molecule has 0 saturated heterocycles. The molecule has 268 valence electrons. The Morgan fingerprint density at radius 2 is 1.28 bits per heavy atom. The molecule has 3 unspecified atom stereocenters. The molecule has 5 rings (SSSR count). The zero-order valence-electron chi connectivity index (χ0n) is 28.1. The predicted octanol–water partition coefficient (Wildman–Crippen LogP) is 1.62. The fraction of sp³-hybridized carbons (Fsp3) is 0.343. The van der Waals surface area contributed by atoms with E-state index >= 15 is 0 Å². The molecule has 3 aromatic carbocycles. The molecule has 0 radical (unpaired) electrons. The van der Waals surface area contributed by atoms with Crippen LogP contribution in [0.3, 0.4) is 0 Å². The van der Waals surface area contributed by atoms with E-state index in [0.29, 0.717) is 48.3 Å². The number of aliphatic hydroxyl groups is 2. The molecule has 0 saturated carbocycles. The normalized spacial score (nSPS) is 13.1. The zero-order chi connectivity index (χ0) is 36.5. The van der Waals surface area contributed by atoms with E-state index in [1.54, 1.807) is 23.7 Å². The van der Waals surface area contributed by atoms with Crippen LogP contribution in [0.4, 0.5) is 0 Å². The van der Waals surface area contributed by atoms with Gasteiger partial charge in [0.2, 0.25) is 0 Å². The number of imidazole rings is 1. The third kappa shape index (κ3) is 9.85. The maximum absolute atomic E-state index is 12.4. The Labute approximate surface area is 287 Å². The highest BCUT2D eigenvalue weighted by atomic mass is 16.3. The predicted molar refractivity (Wildman–Crippen MR) is 186 cm³/mol. The van der Waals surface area contributed by atoms with Crippen molar-refractivity contribution >= 4 is 11.2 Å². The van der Waals surface area contributed by atoms with Gasteiger partial charge in [0.05, 0.1) is 18.5 Å². The lowest BCUT2D eigenvalue weighted by Gasteiger charge is -2.18. The Morgan fingerprint density at radius 1 is 0.740 bits per heavy atom. The molecule has 15 heteroatoms. The van der Waals surface area contributed by atoms with Crippen LogP contribution in [-0.4, -0.2) is 80.1 Å². The third-order valence-electron chi connectivity index (χ3n) is 8.06. The molecule has 0 bridgehead atoms. The fourth-order valence-electron chi connectivity index (χ4n) is 5.41. The Bertz CT molecular complexity index is 1970. The molecule has 0 amide bonds. The number of aromatic hydroxyl groups is 5. The highest BCUT2D eigenvalue weighted by Gasteiger charge is 2.15. The van der Waals surface area contributed by atoms with E-state index in [9.17, 15) is 45.3 Å². The first-order chi connectivity index (χ1) is 23.7. The Morgan fingerprint density at radius 3 is 1.84 bits per heavy atom. The van der Waals surface area contributed by atoms with E-state index in [0.717, 1.165) is 16.6 Å². The SMILES string of the molecule is CC(Cc1ccc(O)cc1)NCC(O)c1cc(O)cc(O)c1.Cn1c(=O)c2c(ncn2CCCNCC(O)c2cc(O)cc(O)c2)n(C)c1=O. The summed E-state index contributed by atoms with van der Waals surface area (Å²) in [5.41, 5.74) is 1.87. The second kappa shape index (κ2) is 16.8. The van der Waals surface area contributed by atoms with E-state index in [-0.39, 0.29) is 46.9 Å². The van der Waals surface area contributed by atoms with Crippen LogP contribution in [0.5, 0.6) is 28.7 Å². The first kappa shape index (κ1) is 37.5. The number of rotatable bonds is 13. The van der Waals surface area contributed by atoms with Gasteiger partial charge in [-0.05, 0) is 79.4 Å². The van der Waals surface area contributed by atoms with Crippen molar-refractivity contribution in [3.63, 3.8) is 0 Å². The summed E-state index contributed by atoms with van der Waals surface area (Å²) in [7, 11) is 3.01. The number of nitrogens with zero attached hydrogens (tertiary/aromatic N) is 4. The second-order valence-electron chi connectivity index (χ2n) is 12.2. The van der Waals surface area contributed by atoms with Crippen molar-refractivity contribution in [2.45, 2.75) is 44.6 Å². The number of hydrogen-bond acceptors (Lipinski definition) is 12. The molecule has 50 heavy (non-hydrogen) atoms. The van der Waals surface area contributed by atoms with Crippen LogP contribution in [0.25, 0.3) is 11.2 Å². The van der Waals surface area contributed by atoms with Gasteiger partial charge in [-0.3, -0.25) is 13.9 Å². The van der Waals surface area contributed by atoms with Gasteiger partial charge in [0.25, 0.3) is 5.56 Å². The standard InChI is InChI=1S/C18H23N5O5.C17H21NO4/c1-21-16-15(17(27)22(2)18(21)28)23(10-20-16)5-3-4-19-9-14(26)11-6-12(24)8-13(25)7-11;1-11(6-12-2-4-14(19)5-3-12)18-10-17(22)13-7-15(20)9-16(21)8-13/h6-8,10,14,19,24-26H,3-5,9H2,1-2H3;2-5,7-9,11,17-22H,6,10H2,1H3.